The van der Waals surface area contributed by atoms with Gasteiger partial charge in [0, 0.05) is 25.2 Å². The summed E-state index contributed by atoms with van der Waals surface area (Å²) in [5, 5.41) is 10.5. The molecule has 1 aliphatic carbocycles. The van der Waals surface area contributed by atoms with E-state index in [1.165, 1.54) is 11.3 Å². The molecule has 106 valence electrons. The van der Waals surface area contributed by atoms with Crippen LogP contribution in [0.1, 0.15) is 32.6 Å². The molecule has 0 aromatic heterocycles. The van der Waals surface area contributed by atoms with Crippen molar-refractivity contribution in [3.05, 3.63) is 12.2 Å². The van der Waals surface area contributed by atoms with Gasteiger partial charge in [-0.2, -0.15) is 0 Å². The van der Waals surface area contributed by atoms with E-state index in [0.717, 1.165) is 25.3 Å². The average Bonchev–Trinajstić information content (AvgIpc) is 2.36. The van der Waals surface area contributed by atoms with Gasteiger partial charge in [-0.15, -0.1) is 0 Å². The van der Waals surface area contributed by atoms with Gasteiger partial charge in [-0.1, -0.05) is 19.8 Å². The van der Waals surface area contributed by atoms with Crippen molar-refractivity contribution in [2.75, 3.05) is 7.05 Å². The zero-order valence-electron chi connectivity index (χ0n) is 11.3. The van der Waals surface area contributed by atoms with Crippen LogP contribution in [-0.2, 0) is 9.59 Å². The zero-order valence-corrected chi connectivity index (χ0v) is 11.3. The van der Waals surface area contributed by atoms with Gasteiger partial charge < -0.3 is 10.0 Å². The SMILES string of the molecule is CC1CCCCC1N(C)C(=O)NC(=O)C=CC(=O)O. The van der Waals surface area contributed by atoms with Gasteiger partial charge in [0.1, 0.15) is 0 Å². The highest BCUT2D eigenvalue weighted by Crippen LogP contribution is 2.27. The quantitative estimate of drug-likeness (QED) is 0.757. The van der Waals surface area contributed by atoms with Crippen LogP contribution < -0.4 is 5.32 Å². The fourth-order valence-electron chi connectivity index (χ4n) is 2.40. The Hall–Kier alpha value is -1.85. The summed E-state index contributed by atoms with van der Waals surface area (Å²) in [5.41, 5.74) is 0. The molecule has 1 saturated carbocycles. The minimum Gasteiger partial charge on any atom is -0.478 e. The number of carbonyl (C=O) groups is 3. The maximum Gasteiger partial charge on any atom is 0.328 e. The second-order valence-corrected chi connectivity index (χ2v) is 4.91. The molecule has 0 saturated heterocycles. The van der Waals surface area contributed by atoms with E-state index in [1.54, 1.807) is 7.05 Å². The highest BCUT2D eigenvalue weighted by atomic mass is 16.4. The molecule has 1 fully saturated rings. The van der Waals surface area contributed by atoms with E-state index < -0.39 is 17.9 Å². The van der Waals surface area contributed by atoms with Crippen LogP contribution in [0.2, 0.25) is 0 Å². The number of carboxylic acid groups (broad SMARTS) is 1. The average molecular weight is 268 g/mol. The van der Waals surface area contributed by atoms with Gasteiger partial charge in [0.2, 0.25) is 0 Å². The smallest absolute Gasteiger partial charge is 0.328 e. The molecular weight excluding hydrogens is 248 g/mol. The molecule has 2 N–H and O–H groups in total. The minimum absolute atomic E-state index is 0.130. The summed E-state index contributed by atoms with van der Waals surface area (Å²) in [7, 11) is 1.66. The first kappa shape index (κ1) is 15.2. The molecule has 2 atom stereocenters. The van der Waals surface area contributed by atoms with Crippen molar-refractivity contribution in [3.63, 3.8) is 0 Å². The van der Waals surface area contributed by atoms with Crippen molar-refractivity contribution >= 4 is 17.9 Å². The van der Waals surface area contributed by atoms with Gasteiger partial charge in [0.15, 0.2) is 0 Å². The Kier molecular flexibility index (Phi) is 5.54. The van der Waals surface area contributed by atoms with Crippen molar-refractivity contribution in [2.45, 2.75) is 38.6 Å². The number of amides is 3. The molecule has 0 bridgehead atoms. The number of hydrogen-bond donors (Lipinski definition) is 2. The first-order chi connectivity index (χ1) is 8.91. The molecule has 0 aliphatic heterocycles. The van der Waals surface area contributed by atoms with E-state index in [4.69, 9.17) is 5.11 Å². The van der Waals surface area contributed by atoms with Crippen LogP contribution in [0.3, 0.4) is 0 Å². The molecule has 1 rings (SSSR count). The lowest BCUT2D eigenvalue weighted by atomic mass is 9.85. The standard InChI is InChI=1S/C13H20N2O4/c1-9-5-3-4-6-10(9)15(2)13(19)14-11(16)7-8-12(17)18/h7-10H,3-6H2,1-2H3,(H,17,18)(H,14,16,19). The van der Waals surface area contributed by atoms with E-state index in [9.17, 15) is 14.4 Å². The van der Waals surface area contributed by atoms with Gasteiger partial charge in [-0.3, -0.25) is 10.1 Å². The Morgan fingerprint density at radius 1 is 1.21 bits per heavy atom. The third-order valence-corrected chi connectivity index (χ3v) is 3.49. The number of carbonyl (C=O) groups excluding carboxylic acids is 2. The number of urea groups is 1. The normalized spacial score (nSPS) is 23.1. The fraction of sp³-hybridized carbons (Fsp3) is 0.615. The molecular formula is C13H20N2O4. The second-order valence-electron chi connectivity index (χ2n) is 4.91. The number of hydrogen-bond acceptors (Lipinski definition) is 3. The van der Waals surface area contributed by atoms with Crippen LogP contribution >= 0.6 is 0 Å². The lowest BCUT2D eigenvalue weighted by molar-refractivity contribution is -0.131. The zero-order chi connectivity index (χ0) is 14.4. The Balaban J connectivity index is 2.52. The predicted octanol–water partition coefficient (Wildman–Crippen LogP) is 1.37. The number of rotatable bonds is 3. The summed E-state index contributed by atoms with van der Waals surface area (Å²) in [4.78, 5) is 35.0. The Morgan fingerprint density at radius 3 is 2.42 bits per heavy atom. The molecule has 6 heteroatoms. The number of imide groups is 1. The molecule has 0 spiro atoms. The van der Waals surface area contributed by atoms with E-state index in [-0.39, 0.29) is 6.04 Å². The van der Waals surface area contributed by atoms with Crippen LogP contribution in [0.15, 0.2) is 12.2 Å². The monoisotopic (exact) mass is 268 g/mol. The minimum atomic E-state index is -1.23. The summed E-state index contributed by atoms with van der Waals surface area (Å²) < 4.78 is 0. The fourth-order valence-corrected chi connectivity index (χ4v) is 2.40. The highest BCUT2D eigenvalue weighted by Gasteiger charge is 2.28. The first-order valence-electron chi connectivity index (χ1n) is 6.40. The van der Waals surface area contributed by atoms with E-state index in [0.29, 0.717) is 12.0 Å². The number of carboxylic acids is 1. The maximum atomic E-state index is 11.9. The lowest BCUT2D eigenvalue weighted by Crippen LogP contribution is -2.48. The number of nitrogens with one attached hydrogen (secondary N) is 1. The van der Waals surface area contributed by atoms with E-state index >= 15 is 0 Å². The number of aliphatic carboxylic acids is 1. The summed E-state index contributed by atoms with van der Waals surface area (Å²) in [6.07, 6.45) is 5.80. The maximum absolute atomic E-state index is 11.9. The Labute approximate surface area is 112 Å². The summed E-state index contributed by atoms with van der Waals surface area (Å²) in [5.74, 6) is -1.53. The summed E-state index contributed by atoms with van der Waals surface area (Å²) >= 11 is 0. The summed E-state index contributed by atoms with van der Waals surface area (Å²) in [6.45, 7) is 2.10. The second kappa shape index (κ2) is 6.92. The van der Waals surface area contributed by atoms with Gasteiger partial charge in [-0.05, 0) is 18.8 Å². The van der Waals surface area contributed by atoms with Crippen molar-refractivity contribution in [1.82, 2.24) is 10.2 Å². The Bertz CT molecular complexity index is 392. The molecule has 0 heterocycles. The van der Waals surface area contributed by atoms with Crippen LogP contribution in [0.25, 0.3) is 0 Å². The molecule has 1 aliphatic rings. The lowest BCUT2D eigenvalue weighted by Gasteiger charge is -2.35. The van der Waals surface area contributed by atoms with Gasteiger partial charge >= 0.3 is 12.0 Å². The van der Waals surface area contributed by atoms with Crippen LogP contribution in [0.5, 0.6) is 0 Å². The molecule has 6 nitrogen and oxygen atoms in total. The van der Waals surface area contributed by atoms with E-state index in [1.807, 2.05) is 0 Å². The molecule has 3 amide bonds. The topological polar surface area (TPSA) is 86.7 Å². The largest absolute Gasteiger partial charge is 0.478 e. The van der Waals surface area contributed by atoms with Crippen LogP contribution in [0, 0.1) is 5.92 Å². The number of nitrogens with zero attached hydrogens (tertiary/aromatic N) is 1. The molecule has 19 heavy (non-hydrogen) atoms. The van der Waals surface area contributed by atoms with Crippen LogP contribution in [0.4, 0.5) is 4.79 Å². The predicted molar refractivity (Wildman–Crippen MR) is 69.5 cm³/mol. The molecule has 0 aromatic carbocycles. The van der Waals surface area contributed by atoms with Crippen molar-refractivity contribution < 1.29 is 19.5 Å². The van der Waals surface area contributed by atoms with Crippen molar-refractivity contribution in [2.24, 2.45) is 5.92 Å². The summed E-state index contributed by atoms with van der Waals surface area (Å²) in [6, 6.07) is -0.358. The van der Waals surface area contributed by atoms with Crippen molar-refractivity contribution in [1.29, 1.82) is 0 Å². The van der Waals surface area contributed by atoms with Crippen molar-refractivity contribution in [3.8, 4) is 0 Å². The highest BCUT2D eigenvalue weighted by molar-refractivity contribution is 6.02. The molecule has 0 radical (unpaired) electrons. The van der Waals surface area contributed by atoms with Gasteiger partial charge in [0.05, 0.1) is 0 Å². The molecule has 0 aromatic rings. The van der Waals surface area contributed by atoms with Gasteiger partial charge in [-0.25, -0.2) is 9.59 Å². The third kappa shape index (κ3) is 4.73. The Morgan fingerprint density at radius 2 is 1.84 bits per heavy atom. The third-order valence-electron chi connectivity index (χ3n) is 3.49. The molecule has 2 unspecified atom stereocenters. The van der Waals surface area contributed by atoms with E-state index in [2.05, 4.69) is 12.2 Å². The van der Waals surface area contributed by atoms with Crippen LogP contribution in [-0.4, -0.2) is 41.0 Å². The van der Waals surface area contributed by atoms with Gasteiger partial charge in [0.25, 0.3) is 5.91 Å². The first-order valence-corrected chi connectivity index (χ1v) is 6.40.